The molecule has 0 unspecified atom stereocenters. The molecule has 1 N–H and O–H groups in total. The lowest BCUT2D eigenvalue weighted by atomic mass is 10.3. The van der Waals surface area contributed by atoms with Gasteiger partial charge in [0.25, 0.3) is 0 Å². The fraction of sp³-hybridized carbons (Fsp3) is 0.786. The van der Waals surface area contributed by atoms with Crippen molar-refractivity contribution < 1.29 is 0 Å². The van der Waals surface area contributed by atoms with E-state index in [1.165, 1.54) is 15.6 Å². The lowest BCUT2D eigenvalue weighted by molar-refractivity contribution is 0.590. The molecule has 104 valence electrons. The molecule has 18 heavy (non-hydrogen) atoms. The summed E-state index contributed by atoms with van der Waals surface area (Å²) in [5.74, 6) is 1.03. The minimum Gasteiger partial charge on any atom is -0.310 e. The van der Waals surface area contributed by atoms with E-state index in [0.29, 0.717) is 10.8 Å². The maximum Gasteiger partial charge on any atom is 0.103 e. The zero-order chi connectivity index (χ0) is 13.8. The molecule has 1 rings (SSSR count). The number of hydrogen-bond acceptors (Lipinski definition) is 4. The summed E-state index contributed by atoms with van der Waals surface area (Å²) in [7, 11) is 0. The van der Waals surface area contributed by atoms with Crippen LogP contribution in [0.25, 0.3) is 0 Å². The lowest BCUT2D eigenvalue weighted by Gasteiger charge is -2.16. The van der Waals surface area contributed by atoms with E-state index in [9.17, 15) is 0 Å². The predicted octanol–water partition coefficient (Wildman–Crippen LogP) is 4.24. The van der Waals surface area contributed by atoms with E-state index in [1.807, 2.05) is 23.1 Å². The van der Waals surface area contributed by atoms with E-state index in [4.69, 9.17) is 4.98 Å². The van der Waals surface area contributed by atoms with Crippen molar-refractivity contribution in [2.75, 3.05) is 0 Å². The largest absolute Gasteiger partial charge is 0.310 e. The van der Waals surface area contributed by atoms with E-state index in [0.717, 1.165) is 18.7 Å². The van der Waals surface area contributed by atoms with Crippen molar-refractivity contribution >= 4 is 23.1 Å². The third-order valence-corrected chi connectivity index (χ3v) is 5.02. The van der Waals surface area contributed by atoms with Crippen LogP contribution >= 0.6 is 23.1 Å². The van der Waals surface area contributed by atoms with Crippen molar-refractivity contribution in [1.82, 2.24) is 10.3 Å². The van der Waals surface area contributed by atoms with Crippen LogP contribution in [0.4, 0.5) is 0 Å². The molecule has 1 aromatic heterocycles. The molecule has 0 atom stereocenters. The summed E-state index contributed by atoms with van der Waals surface area (Å²) in [4.78, 5) is 6.18. The summed E-state index contributed by atoms with van der Waals surface area (Å²) in [6.45, 7) is 14.3. The van der Waals surface area contributed by atoms with Crippen molar-refractivity contribution in [1.29, 1.82) is 0 Å². The third kappa shape index (κ3) is 5.72. The fourth-order valence-electron chi connectivity index (χ4n) is 1.49. The molecule has 4 heteroatoms. The van der Waals surface area contributed by atoms with Crippen LogP contribution in [0.1, 0.15) is 57.1 Å². The van der Waals surface area contributed by atoms with Crippen LogP contribution < -0.4 is 5.32 Å². The first kappa shape index (κ1) is 16.0. The molecular formula is C14H26N2S2. The Bertz CT molecular complexity index is 364. The molecule has 0 aliphatic heterocycles. The molecule has 1 heterocycles. The second-order valence-electron chi connectivity index (χ2n) is 5.77. The molecule has 0 radical (unpaired) electrons. The number of nitrogens with zero attached hydrogens (tertiary/aromatic N) is 1. The van der Waals surface area contributed by atoms with Crippen LogP contribution in [0.5, 0.6) is 0 Å². The predicted molar refractivity (Wildman–Crippen MR) is 84.5 cm³/mol. The number of rotatable bonds is 6. The molecule has 0 saturated heterocycles. The molecule has 0 saturated carbocycles. The maximum absolute atomic E-state index is 4.77. The molecule has 0 aliphatic carbocycles. The Hall–Kier alpha value is -0.0600. The summed E-state index contributed by atoms with van der Waals surface area (Å²) in [5.41, 5.74) is 1.28. The number of nitrogens with one attached hydrogen (secondary N) is 1. The summed E-state index contributed by atoms with van der Waals surface area (Å²) >= 11 is 3.84. The Morgan fingerprint density at radius 3 is 2.50 bits per heavy atom. The summed E-state index contributed by atoms with van der Waals surface area (Å²) in [6.07, 6.45) is 1.03. The Labute approximate surface area is 120 Å². The van der Waals surface area contributed by atoms with Crippen LogP contribution in [-0.2, 0) is 18.7 Å². The van der Waals surface area contributed by atoms with E-state index in [2.05, 4.69) is 46.9 Å². The Kier molecular flexibility index (Phi) is 6.15. The van der Waals surface area contributed by atoms with Crippen LogP contribution in [0.2, 0.25) is 0 Å². The monoisotopic (exact) mass is 286 g/mol. The molecule has 0 aromatic carbocycles. The molecule has 1 aromatic rings. The summed E-state index contributed by atoms with van der Waals surface area (Å²) < 4.78 is 0.314. The highest BCUT2D eigenvalue weighted by molar-refractivity contribution is 7.99. The number of thioether (sulfide) groups is 1. The molecular weight excluding hydrogens is 260 g/mol. The average molecular weight is 287 g/mol. The van der Waals surface area contributed by atoms with Gasteiger partial charge in [-0.3, -0.25) is 0 Å². The van der Waals surface area contributed by atoms with Gasteiger partial charge in [0.15, 0.2) is 0 Å². The molecule has 0 spiro atoms. The molecule has 0 fully saturated rings. The zero-order valence-electron chi connectivity index (χ0n) is 12.5. The Morgan fingerprint density at radius 2 is 2.00 bits per heavy atom. The second kappa shape index (κ2) is 6.92. The first-order chi connectivity index (χ1) is 8.31. The van der Waals surface area contributed by atoms with Gasteiger partial charge in [0.05, 0.1) is 5.69 Å². The van der Waals surface area contributed by atoms with E-state index in [1.54, 1.807) is 0 Å². The van der Waals surface area contributed by atoms with Crippen LogP contribution in [-0.4, -0.2) is 15.8 Å². The number of aromatic nitrogens is 1. The van der Waals surface area contributed by atoms with Gasteiger partial charge >= 0.3 is 0 Å². The SMILES string of the molecule is CCc1nc(CSC(C)(C)C)sc1CNC(C)C. The van der Waals surface area contributed by atoms with Crippen molar-refractivity contribution in [3.05, 3.63) is 15.6 Å². The topological polar surface area (TPSA) is 24.9 Å². The smallest absolute Gasteiger partial charge is 0.103 e. The van der Waals surface area contributed by atoms with Gasteiger partial charge in [0, 0.05) is 28.0 Å². The minimum atomic E-state index is 0.314. The van der Waals surface area contributed by atoms with E-state index < -0.39 is 0 Å². The fourth-order valence-corrected chi connectivity index (χ4v) is 3.43. The highest BCUT2D eigenvalue weighted by Crippen LogP contribution is 2.30. The maximum atomic E-state index is 4.77. The number of thiazole rings is 1. The highest BCUT2D eigenvalue weighted by atomic mass is 32.2. The van der Waals surface area contributed by atoms with Crippen molar-refractivity contribution in [3.8, 4) is 0 Å². The molecule has 0 bridgehead atoms. The molecule has 0 aliphatic rings. The molecule has 2 nitrogen and oxygen atoms in total. The standard InChI is InChI=1S/C14H26N2S2/c1-7-11-12(8-15-10(2)3)18-13(16-11)9-17-14(4,5)6/h10,15H,7-9H2,1-6H3. The van der Waals surface area contributed by atoms with Crippen molar-refractivity contribution in [3.63, 3.8) is 0 Å². The highest BCUT2D eigenvalue weighted by Gasteiger charge is 2.14. The Morgan fingerprint density at radius 1 is 1.33 bits per heavy atom. The minimum absolute atomic E-state index is 0.314. The van der Waals surface area contributed by atoms with Crippen molar-refractivity contribution in [2.45, 2.75) is 71.0 Å². The van der Waals surface area contributed by atoms with Crippen LogP contribution in [0, 0.1) is 0 Å². The quantitative estimate of drug-likeness (QED) is 0.847. The lowest BCUT2D eigenvalue weighted by Crippen LogP contribution is -2.21. The van der Waals surface area contributed by atoms with Gasteiger partial charge in [-0.1, -0.05) is 41.5 Å². The summed E-state index contributed by atoms with van der Waals surface area (Å²) in [6, 6.07) is 0.532. The number of aryl methyl sites for hydroxylation is 1. The Balaban J connectivity index is 2.65. The van der Waals surface area contributed by atoms with Gasteiger partial charge < -0.3 is 5.32 Å². The third-order valence-electron chi connectivity index (χ3n) is 2.46. The van der Waals surface area contributed by atoms with Crippen LogP contribution in [0.3, 0.4) is 0 Å². The van der Waals surface area contributed by atoms with E-state index >= 15 is 0 Å². The normalized spacial score (nSPS) is 12.4. The van der Waals surface area contributed by atoms with E-state index in [-0.39, 0.29) is 0 Å². The zero-order valence-corrected chi connectivity index (χ0v) is 14.1. The van der Waals surface area contributed by atoms with Gasteiger partial charge in [-0.25, -0.2) is 4.98 Å². The van der Waals surface area contributed by atoms with Gasteiger partial charge in [-0.2, -0.15) is 0 Å². The van der Waals surface area contributed by atoms with Gasteiger partial charge in [-0.05, 0) is 6.42 Å². The van der Waals surface area contributed by atoms with Crippen LogP contribution in [0.15, 0.2) is 0 Å². The van der Waals surface area contributed by atoms with Gasteiger partial charge in [0.2, 0.25) is 0 Å². The average Bonchev–Trinajstić information content (AvgIpc) is 2.65. The summed E-state index contributed by atoms with van der Waals surface area (Å²) in [5, 5.41) is 4.76. The van der Waals surface area contributed by atoms with Gasteiger partial charge in [0.1, 0.15) is 5.01 Å². The van der Waals surface area contributed by atoms with Crippen molar-refractivity contribution in [2.24, 2.45) is 0 Å². The second-order valence-corrected chi connectivity index (χ2v) is 8.74. The first-order valence-electron chi connectivity index (χ1n) is 6.66. The molecule has 0 amide bonds. The first-order valence-corrected chi connectivity index (χ1v) is 8.47. The number of hydrogen-bond donors (Lipinski definition) is 1. The van der Waals surface area contributed by atoms with Gasteiger partial charge in [-0.15, -0.1) is 23.1 Å².